The molecule has 0 bridgehead atoms. The number of rotatable bonds is 7. The minimum absolute atomic E-state index is 0.00518. The Morgan fingerprint density at radius 1 is 0.769 bits per heavy atom. The van der Waals surface area contributed by atoms with Gasteiger partial charge in [-0.1, -0.05) is 6.07 Å². The number of likely N-dealkylation sites (tertiary alicyclic amines) is 1. The Morgan fingerprint density at radius 3 is 1.95 bits per heavy atom. The number of carbonyl (C=O) groups is 2. The first-order valence-electron chi connectivity index (χ1n) is 14.0. The maximum atomic E-state index is 13.5. The van der Waals surface area contributed by atoms with Gasteiger partial charge in [-0.2, -0.15) is 5.26 Å². The van der Waals surface area contributed by atoms with Crippen LogP contribution in [0.25, 0.3) is 0 Å². The van der Waals surface area contributed by atoms with E-state index in [1.54, 1.807) is 24.7 Å². The van der Waals surface area contributed by atoms with Crippen molar-refractivity contribution in [1.29, 1.82) is 5.26 Å². The number of carbonyl (C=O) groups excluding carboxylic acids is 2. The highest BCUT2D eigenvalue weighted by molar-refractivity contribution is 5.92. The summed E-state index contributed by atoms with van der Waals surface area (Å²) in [5, 5.41) is 10.0. The molecule has 2 amide bonds. The van der Waals surface area contributed by atoms with Crippen LogP contribution in [0.15, 0.2) is 48.9 Å². The van der Waals surface area contributed by atoms with Gasteiger partial charge in [0.05, 0.1) is 6.07 Å². The van der Waals surface area contributed by atoms with Gasteiger partial charge in [-0.15, -0.1) is 0 Å². The van der Waals surface area contributed by atoms with E-state index in [2.05, 4.69) is 30.7 Å². The van der Waals surface area contributed by atoms with Gasteiger partial charge in [0.25, 0.3) is 5.91 Å². The molecule has 2 aromatic heterocycles. The van der Waals surface area contributed by atoms with Gasteiger partial charge < -0.3 is 9.80 Å². The maximum Gasteiger partial charge on any atom is 0.272 e. The highest BCUT2D eigenvalue weighted by atomic mass is 16.2. The number of piperazine rings is 2. The monoisotopic (exact) mass is 530 g/mol. The zero-order valence-corrected chi connectivity index (χ0v) is 22.6. The van der Waals surface area contributed by atoms with E-state index >= 15 is 0 Å². The number of piperidine rings is 1. The Hall–Kier alpha value is -3.39. The number of hydrogen-bond donors (Lipinski definition) is 0. The number of aromatic nitrogens is 2. The molecule has 39 heavy (non-hydrogen) atoms. The number of pyridine rings is 2. The number of nitriles is 1. The highest BCUT2D eigenvalue weighted by Gasteiger charge is 2.44. The Morgan fingerprint density at radius 2 is 1.38 bits per heavy atom. The first-order valence-corrected chi connectivity index (χ1v) is 14.0. The number of hydrogen-bond acceptors (Lipinski definition) is 8. The Labute approximate surface area is 230 Å². The predicted molar refractivity (Wildman–Crippen MR) is 146 cm³/mol. The molecule has 5 heterocycles. The summed E-state index contributed by atoms with van der Waals surface area (Å²) >= 11 is 0. The Kier molecular flexibility index (Phi) is 8.81. The van der Waals surface area contributed by atoms with E-state index in [0.717, 1.165) is 58.9 Å². The Bertz CT molecular complexity index is 1130. The summed E-state index contributed by atoms with van der Waals surface area (Å²) in [7, 11) is 0. The third kappa shape index (κ3) is 6.61. The fourth-order valence-corrected chi connectivity index (χ4v) is 5.80. The summed E-state index contributed by atoms with van der Waals surface area (Å²) in [4.78, 5) is 45.3. The van der Waals surface area contributed by atoms with Crippen LogP contribution in [0, 0.1) is 16.7 Å². The van der Waals surface area contributed by atoms with Gasteiger partial charge in [-0.25, -0.2) is 0 Å². The van der Waals surface area contributed by atoms with Gasteiger partial charge in [0.1, 0.15) is 11.1 Å². The van der Waals surface area contributed by atoms with Crippen LogP contribution in [0.2, 0.25) is 0 Å². The van der Waals surface area contributed by atoms with Crippen LogP contribution in [-0.2, 0) is 11.3 Å². The molecule has 0 aromatic carbocycles. The van der Waals surface area contributed by atoms with Crippen LogP contribution in [0.4, 0.5) is 0 Å². The quantitative estimate of drug-likeness (QED) is 0.526. The molecular weight excluding hydrogens is 492 g/mol. The third-order valence-electron chi connectivity index (χ3n) is 8.42. The number of nitrogens with zero attached hydrogens (tertiary/aromatic N) is 8. The summed E-state index contributed by atoms with van der Waals surface area (Å²) in [6, 6.07) is 11.9. The minimum Gasteiger partial charge on any atom is -0.339 e. The second-order valence-electron chi connectivity index (χ2n) is 10.8. The molecular formula is C29H38N8O2. The normalized spacial score (nSPS) is 20.9. The SMILES string of the molecule is N#CC1(C(=O)N2CCN(CCN3CCN(C(=O)c4ccccn4)CC3)CC2)CCN(Cc2ccncc2)CC1. The van der Waals surface area contributed by atoms with Crippen molar-refractivity contribution in [2.75, 3.05) is 78.5 Å². The van der Waals surface area contributed by atoms with Crippen molar-refractivity contribution >= 4 is 11.8 Å². The van der Waals surface area contributed by atoms with Crippen molar-refractivity contribution in [1.82, 2.24) is 34.5 Å². The lowest BCUT2D eigenvalue weighted by Crippen LogP contribution is -2.56. The molecule has 3 saturated heterocycles. The fraction of sp³-hybridized carbons (Fsp3) is 0.552. The summed E-state index contributed by atoms with van der Waals surface area (Å²) < 4.78 is 0. The summed E-state index contributed by atoms with van der Waals surface area (Å²) in [5.41, 5.74) is 0.812. The molecule has 10 heteroatoms. The van der Waals surface area contributed by atoms with Crippen molar-refractivity contribution in [3.05, 3.63) is 60.2 Å². The molecule has 0 spiro atoms. The fourth-order valence-electron chi connectivity index (χ4n) is 5.80. The molecule has 5 rings (SSSR count). The van der Waals surface area contributed by atoms with Crippen molar-refractivity contribution in [2.45, 2.75) is 19.4 Å². The van der Waals surface area contributed by atoms with Crippen molar-refractivity contribution < 1.29 is 9.59 Å². The first-order chi connectivity index (χ1) is 19.1. The lowest BCUT2D eigenvalue weighted by Gasteiger charge is -2.42. The van der Waals surface area contributed by atoms with E-state index in [1.807, 2.05) is 34.1 Å². The molecule has 0 atom stereocenters. The Balaban J connectivity index is 1.02. The summed E-state index contributed by atoms with van der Waals surface area (Å²) in [5.74, 6) is 0.0208. The van der Waals surface area contributed by atoms with Crippen molar-refractivity contribution in [3.63, 3.8) is 0 Å². The van der Waals surface area contributed by atoms with Crippen LogP contribution in [0.1, 0.15) is 28.9 Å². The van der Waals surface area contributed by atoms with Crippen LogP contribution < -0.4 is 0 Å². The average Bonchev–Trinajstić information content (AvgIpc) is 3.01. The molecule has 3 aliphatic heterocycles. The van der Waals surface area contributed by atoms with Gasteiger partial charge in [0.2, 0.25) is 5.91 Å². The van der Waals surface area contributed by atoms with Gasteiger partial charge in [-0.3, -0.25) is 34.3 Å². The standard InChI is InChI=1S/C29H38N8O2/c30-24-29(6-11-35(12-7-29)23-25-4-9-31-10-5-25)28(39)37-21-17-34(18-22-37)14-13-33-15-19-36(20-16-33)27(38)26-3-1-2-8-32-26/h1-5,8-10H,6-7,11-23H2. The van der Waals surface area contributed by atoms with Gasteiger partial charge in [0, 0.05) is 104 Å². The van der Waals surface area contributed by atoms with Crippen LogP contribution >= 0.6 is 0 Å². The molecule has 0 radical (unpaired) electrons. The second-order valence-corrected chi connectivity index (χ2v) is 10.8. The zero-order valence-electron chi connectivity index (χ0n) is 22.6. The topological polar surface area (TPSA) is 99.9 Å². The van der Waals surface area contributed by atoms with E-state index in [0.29, 0.717) is 44.7 Å². The van der Waals surface area contributed by atoms with Gasteiger partial charge in [-0.05, 0) is 42.7 Å². The first kappa shape index (κ1) is 27.2. The van der Waals surface area contributed by atoms with Crippen LogP contribution in [0.3, 0.4) is 0 Å². The van der Waals surface area contributed by atoms with Gasteiger partial charge >= 0.3 is 0 Å². The largest absolute Gasteiger partial charge is 0.339 e. The predicted octanol–water partition coefficient (Wildman–Crippen LogP) is 1.18. The maximum absolute atomic E-state index is 13.5. The van der Waals surface area contributed by atoms with E-state index in [4.69, 9.17) is 0 Å². The van der Waals surface area contributed by atoms with Crippen molar-refractivity contribution in [2.24, 2.45) is 5.41 Å². The van der Waals surface area contributed by atoms with E-state index in [-0.39, 0.29) is 11.8 Å². The summed E-state index contributed by atoms with van der Waals surface area (Å²) in [6.07, 6.45) is 6.43. The van der Waals surface area contributed by atoms with Crippen molar-refractivity contribution in [3.8, 4) is 6.07 Å². The van der Waals surface area contributed by atoms with Crippen LogP contribution in [0.5, 0.6) is 0 Å². The lowest BCUT2D eigenvalue weighted by molar-refractivity contribution is -0.143. The van der Waals surface area contributed by atoms with E-state index in [9.17, 15) is 14.9 Å². The molecule has 2 aromatic rings. The molecule has 0 aliphatic carbocycles. The molecule has 3 aliphatic rings. The van der Waals surface area contributed by atoms with E-state index < -0.39 is 5.41 Å². The molecule has 0 unspecified atom stereocenters. The number of amides is 2. The molecule has 3 fully saturated rings. The second kappa shape index (κ2) is 12.6. The summed E-state index contributed by atoms with van der Waals surface area (Å²) in [6.45, 7) is 10.4. The molecule has 10 nitrogen and oxygen atoms in total. The smallest absolute Gasteiger partial charge is 0.272 e. The van der Waals surface area contributed by atoms with Crippen LogP contribution in [-0.4, -0.2) is 125 Å². The minimum atomic E-state index is -0.900. The molecule has 206 valence electrons. The third-order valence-corrected chi connectivity index (χ3v) is 8.42. The average molecular weight is 531 g/mol. The van der Waals surface area contributed by atoms with E-state index in [1.165, 1.54) is 5.56 Å². The highest BCUT2D eigenvalue weighted by Crippen LogP contribution is 2.34. The lowest BCUT2D eigenvalue weighted by atomic mass is 9.78. The zero-order chi connectivity index (χ0) is 27.1. The molecule has 0 N–H and O–H groups in total. The molecule has 0 saturated carbocycles. The van der Waals surface area contributed by atoms with Gasteiger partial charge in [0.15, 0.2) is 0 Å².